The van der Waals surface area contributed by atoms with Crippen LogP contribution in [0.3, 0.4) is 0 Å². The molecule has 0 aliphatic carbocycles. The number of nitrogens with zero attached hydrogens (tertiary/aromatic N) is 3. The number of benzene rings is 2. The van der Waals surface area contributed by atoms with E-state index in [1.54, 1.807) is 64.1 Å². The van der Waals surface area contributed by atoms with Crippen LogP contribution < -0.4 is 10.3 Å². The lowest BCUT2D eigenvalue weighted by atomic mass is 10.1. The second kappa shape index (κ2) is 8.49. The molecule has 4 rings (SSSR count). The van der Waals surface area contributed by atoms with Gasteiger partial charge in [-0.1, -0.05) is 35.0 Å². The Bertz CT molecular complexity index is 1520. The topological polar surface area (TPSA) is 107 Å². The maximum atomic E-state index is 13.2. The Morgan fingerprint density at radius 3 is 2.39 bits per heavy atom. The summed E-state index contributed by atoms with van der Waals surface area (Å²) in [4.78, 5) is 12.6. The van der Waals surface area contributed by atoms with Crippen molar-refractivity contribution in [3.63, 3.8) is 0 Å². The molecule has 0 spiro atoms. The first kappa shape index (κ1) is 22.8. The number of aryl methyl sites for hydroxylation is 4. The van der Waals surface area contributed by atoms with Crippen LogP contribution in [0.25, 0.3) is 16.9 Å². The van der Waals surface area contributed by atoms with Gasteiger partial charge >= 0.3 is 0 Å². The maximum absolute atomic E-state index is 13.2. The zero-order chi connectivity index (χ0) is 23.9. The van der Waals surface area contributed by atoms with E-state index in [4.69, 9.17) is 16.1 Å². The summed E-state index contributed by atoms with van der Waals surface area (Å²) in [6, 6.07) is 12.9. The van der Waals surface area contributed by atoms with Crippen LogP contribution in [0.1, 0.15) is 22.6 Å². The normalized spacial score (nSPS) is 11.5. The fourth-order valence-electron chi connectivity index (χ4n) is 3.46. The number of sulfonamides is 1. The molecule has 0 bridgehead atoms. The summed E-state index contributed by atoms with van der Waals surface area (Å²) in [5.74, 6) is 0.451. The Kier molecular flexibility index (Phi) is 5.85. The van der Waals surface area contributed by atoms with E-state index < -0.39 is 10.0 Å². The largest absolute Gasteiger partial charge is 0.359 e. The third kappa shape index (κ3) is 4.42. The summed E-state index contributed by atoms with van der Waals surface area (Å²) < 4.78 is 35.4. The minimum absolute atomic E-state index is 0.0938. The van der Waals surface area contributed by atoms with E-state index in [0.717, 1.165) is 5.56 Å². The van der Waals surface area contributed by atoms with Gasteiger partial charge in [0.25, 0.3) is 15.6 Å². The summed E-state index contributed by atoms with van der Waals surface area (Å²) in [5.41, 5.74) is 3.28. The Morgan fingerprint density at radius 2 is 1.70 bits per heavy atom. The zero-order valence-electron chi connectivity index (χ0n) is 18.4. The number of nitrogens with one attached hydrogen (secondary N) is 1. The molecule has 2 heterocycles. The van der Waals surface area contributed by atoms with Crippen LogP contribution in [0.4, 0.5) is 5.69 Å². The van der Waals surface area contributed by atoms with Crippen LogP contribution in [0.15, 0.2) is 62.7 Å². The molecule has 0 aliphatic rings. The Morgan fingerprint density at radius 1 is 0.970 bits per heavy atom. The molecule has 0 amide bonds. The van der Waals surface area contributed by atoms with Crippen LogP contribution in [0.2, 0.25) is 5.02 Å². The average Bonchev–Trinajstić information content (AvgIpc) is 3.09. The van der Waals surface area contributed by atoms with Crippen LogP contribution in [-0.4, -0.2) is 23.4 Å². The standard InChI is InChI=1S/C23H21ClN4O4S/c1-13-6-8-18(24)12-20(13)27-33(30,31)21-11-17(7-5-14(21)2)19-9-10-22(29)28(25-19)23-15(3)26-32-16(23)4/h5-12,27H,1-4H3. The van der Waals surface area contributed by atoms with Crippen molar-refractivity contribution >= 4 is 27.3 Å². The van der Waals surface area contributed by atoms with Gasteiger partial charge in [-0.15, -0.1) is 0 Å². The van der Waals surface area contributed by atoms with Crippen molar-refractivity contribution in [1.82, 2.24) is 14.9 Å². The van der Waals surface area contributed by atoms with Crippen molar-refractivity contribution in [2.45, 2.75) is 32.6 Å². The Labute approximate surface area is 195 Å². The van der Waals surface area contributed by atoms with Crippen LogP contribution in [-0.2, 0) is 10.0 Å². The van der Waals surface area contributed by atoms with Gasteiger partial charge in [0.1, 0.15) is 11.4 Å². The molecule has 0 saturated heterocycles. The monoisotopic (exact) mass is 484 g/mol. The van der Waals surface area contributed by atoms with Gasteiger partial charge in [0.2, 0.25) is 0 Å². The highest BCUT2D eigenvalue weighted by Gasteiger charge is 2.20. The van der Waals surface area contributed by atoms with E-state index in [1.165, 1.54) is 16.8 Å². The van der Waals surface area contributed by atoms with E-state index in [1.807, 2.05) is 0 Å². The fourth-order valence-corrected chi connectivity index (χ4v) is 5.02. The molecule has 170 valence electrons. The lowest BCUT2D eigenvalue weighted by Crippen LogP contribution is -2.21. The molecule has 0 radical (unpaired) electrons. The highest BCUT2D eigenvalue weighted by molar-refractivity contribution is 7.92. The summed E-state index contributed by atoms with van der Waals surface area (Å²) >= 11 is 6.04. The van der Waals surface area contributed by atoms with Crippen molar-refractivity contribution in [2.75, 3.05) is 4.72 Å². The van der Waals surface area contributed by atoms with Crippen molar-refractivity contribution < 1.29 is 12.9 Å². The molecule has 0 saturated carbocycles. The van der Waals surface area contributed by atoms with E-state index >= 15 is 0 Å². The van der Waals surface area contributed by atoms with Gasteiger partial charge in [0.05, 0.1) is 16.3 Å². The third-order valence-electron chi connectivity index (χ3n) is 5.23. The lowest BCUT2D eigenvalue weighted by molar-refractivity contribution is 0.392. The molecular weight excluding hydrogens is 464 g/mol. The molecule has 10 heteroatoms. The molecule has 1 N–H and O–H groups in total. The van der Waals surface area contributed by atoms with Gasteiger partial charge in [-0.3, -0.25) is 9.52 Å². The number of anilines is 1. The number of halogens is 1. The second-order valence-electron chi connectivity index (χ2n) is 7.69. The Balaban J connectivity index is 1.79. The minimum Gasteiger partial charge on any atom is -0.359 e. The molecule has 33 heavy (non-hydrogen) atoms. The van der Waals surface area contributed by atoms with Gasteiger partial charge in [0, 0.05) is 16.7 Å². The van der Waals surface area contributed by atoms with Crippen molar-refractivity contribution in [2.24, 2.45) is 0 Å². The average molecular weight is 485 g/mol. The third-order valence-corrected chi connectivity index (χ3v) is 6.97. The van der Waals surface area contributed by atoms with Gasteiger partial charge in [-0.2, -0.15) is 9.78 Å². The number of rotatable bonds is 5. The second-order valence-corrected chi connectivity index (χ2v) is 9.77. The molecule has 0 atom stereocenters. The summed E-state index contributed by atoms with van der Waals surface area (Å²) in [6.45, 7) is 6.91. The smallest absolute Gasteiger partial charge is 0.271 e. The first-order valence-corrected chi connectivity index (χ1v) is 11.9. The molecule has 0 fully saturated rings. The van der Waals surface area contributed by atoms with E-state index in [9.17, 15) is 13.2 Å². The molecule has 0 aliphatic heterocycles. The first-order valence-electron chi connectivity index (χ1n) is 10.0. The van der Waals surface area contributed by atoms with Gasteiger partial charge in [-0.25, -0.2) is 8.42 Å². The van der Waals surface area contributed by atoms with Gasteiger partial charge < -0.3 is 4.52 Å². The quantitative estimate of drug-likeness (QED) is 0.444. The molecule has 0 unspecified atom stereocenters. The predicted octanol–water partition coefficient (Wildman–Crippen LogP) is 4.58. The lowest BCUT2D eigenvalue weighted by Gasteiger charge is -2.14. The van der Waals surface area contributed by atoms with Crippen LogP contribution >= 0.6 is 11.6 Å². The summed E-state index contributed by atoms with van der Waals surface area (Å²) in [5, 5.41) is 8.74. The summed E-state index contributed by atoms with van der Waals surface area (Å²) in [6.07, 6.45) is 0. The number of hydrogen-bond acceptors (Lipinski definition) is 6. The molecule has 4 aromatic rings. The van der Waals surface area contributed by atoms with Crippen molar-refractivity contribution in [3.05, 3.63) is 86.5 Å². The molecule has 2 aromatic carbocycles. The van der Waals surface area contributed by atoms with Gasteiger partial charge in [0.15, 0.2) is 5.76 Å². The Hall–Kier alpha value is -3.43. The van der Waals surface area contributed by atoms with Gasteiger partial charge in [-0.05, 0) is 63.1 Å². The maximum Gasteiger partial charge on any atom is 0.271 e. The molecule has 8 nitrogen and oxygen atoms in total. The SMILES string of the molecule is Cc1ccc(Cl)cc1NS(=O)(=O)c1cc(-c2ccc(=O)n(-c3c(C)noc3C)n2)ccc1C. The first-order chi connectivity index (χ1) is 15.6. The van der Waals surface area contributed by atoms with E-state index in [-0.39, 0.29) is 10.5 Å². The predicted molar refractivity (Wildman–Crippen MR) is 127 cm³/mol. The van der Waals surface area contributed by atoms with Crippen molar-refractivity contribution in [1.29, 1.82) is 0 Å². The number of aromatic nitrogens is 3. The fraction of sp³-hybridized carbons (Fsp3) is 0.174. The zero-order valence-corrected chi connectivity index (χ0v) is 20.0. The highest BCUT2D eigenvalue weighted by Crippen LogP contribution is 2.28. The van der Waals surface area contributed by atoms with Crippen LogP contribution in [0, 0.1) is 27.7 Å². The minimum atomic E-state index is -3.92. The number of hydrogen-bond donors (Lipinski definition) is 1. The molecular formula is C23H21ClN4O4S. The van der Waals surface area contributed by atoms with E-state index in [0.29, 0.717) is 44.7 Å². The van der Waals surface area contributed by atoms with E-state index in [2.05, 4.69) is 15.0 Å². The molecule has 2 aromatic heterocycles. The summed E-state index contributed by atoms with van der Waals surface area (Å²) in [7, 11) is -3.92. The highest BCUT2D eigenvalue weighted by atomic mass is 35.5. The van der Waals surface area contributed by atoms with Crippen LogP contribution in [0.5, 0.6) is 0 Å². The van der Waals surface area contributed by atoms with Crippen molar-refractivity contribution in [3.8, 4) is 16.9 Å².